The van der Waals surface area contributed by atoms with Gasteiger partial charge in [0.2, 0.25) is 0 Å². The second-order valence-corrected chi connectivity index (χ2v) is 5.64. The summed E-state index contributed by atoms with van der Waals surface area (Å²) in [4.78, 5) is 23.4. The normalized spacial score (nSPS) is 10.4. The van der Waals surface area contributed by atoms with Crippen LogP contribution in [-0.4, -0.2) is 23.1 Å². The molecule has 1 aromatic heterocycles. The Balaban J connectivity index is 2.00. The van der Waals surface area contributed by atoms with Crippen molar-refractivity contribution in [2.45, 2.75) is 32.7 Å². The van der Waals surface area contributed by atoms with Crippen LogP contribution in [0.3, 0.4) is 0 Å². The molecule has 0 atom stereocenters. The molecule has 0 unspecified atom stereocenters. The van der Waals surface area contributed by atoms with Crippen molar-refractivity contribution in [1.82, 2.24) is 9.88 Å². The van der Waals surface area contributed by atoms with Crippen molar-refractivity contribution in [1.29, 1.82) is 0 Å². The van der Waals surface area contributed by atoms with Gasteiger partial charge in [-0.2, -0.15) is 0 Å². The lowest BCUT2D eigenvalue weighted by Crippen LogP contribution is -2.27. The first kappa shape index (κ1) is 17.6. The van der Waals surface area contributed by atoms with E-state index in [9.17, 15) is 9.59 Å². The molecule has 2 rings (SSSR count). The van der Waals surface area contributed by atoms with Gasteiger partial charge in [-0.1, -0.05) is 43.7 Å². The Labute approximate surface area is 142 Å². The minimum Gasteiger partial charge on any atom is -0.351 e. The summed E-state index contributed by atoms with van der Waals surface area (Å²) in [6.07, 6.45) is 4.49. The van der Waals surface area contributed by atoms with Crippen molar-refractivity contribution in [3.63, 3.8) is 0 Å². The Kier molecular flexibility index (Phi) is 6.42. The molecule has 128 valence electrons. The molecule has 0 spiro atoms. The van der Waals surface area contributed by atoms with E-state index in [2.05, 4.69) is 17.6 Å². The topological polar surface area (TPSA) is 89.2 Å². The third kappa shape index (κ3) is 5.15. The molecular formula is C18H24N4O2. The van der Waals surface area contributed by atoms with Gasteiger partial charge in [-0.15, -0.1) is 0 Å². The maximum absolute atomic E-state index is 12.4. The summed E-state index contributed by atoms with van der Waals surface area (Å²) in [5.74, 6) is -0.153. The highest BCUT2D eigenvalue weighted by Crippen LogP contribution is 2.15. The number of nitrogens with one attached hydrogen (secondary N) is 2. The molecule has 0 aliphatic rings. The zero-order valence-electron chi connectivity index (χ0n) is 13.9. The van der Waals surface area contributed by atoms with Gasteiger partial charge in [0.05, 0.1) is 5.69 Å². The monoisotopic (exact) mass is 328 g/mol. The maximum atomic E-state index is 12.4. The lowest BCUT2D eigenvalue weighted by atomic mass is 10.1. The number of amides is 3. The van der Waals surface area contributed by atoms with Gasteiger partial charge in [-0.3, -0.25) is 4.79 Å². The number of aromatic nitrogens is 1. The average molecular weight is 328 g/mol. The molecule has 3 amide bonds. The van der Waals surface area contributed by atoms with E-state index in [1.54, 1.807) is 12.3 Å². The van der Waals surface area contributed by atoms with Crippen molar-refractivity contribution in [2.75, 3.05) is 11.9 Å². The Morgan fingerprint density at radius 2 is 1.96 bits per heavy atom. The van der Waals surface area contributed by atoms with Crippen LogP contribution in [0.25, 0.3) is 0 Å². The number of carbonyl (C=O) groups excluding carboxylic acids is 2. The molecule has 24 heavy (non-hydrogen) atoms. The summed E-state index contributed by atoms with van der Waals surface area (Å²) in [5, 5.41) is 5.44. The van der Waals surface area contributed by atoms with E-state index in [1.807, 2.05) is 34.9 Å². The van der Waals surface area contributed by atoms with Crippen LogP contribution in [0, 0.1) is 0 Å². The highest BCUT2D eigenvalue weighted by Gasteiger charge is 2.14. The van der Waals surface area contributed by atoms with E-state index >= 15 is 0 Å². The molecule has 1 aromatic carbocycles. The number of aryl methyl sites for hydroxylation is 1. The van der Waals surface area contributed by atoms with Crippen molar-refractivity contribution >= 4 is 17.6 Å². The van der Waals surface area contributed by atoms with Gasteiger partial charge in [-0.05, 0) is 24.5 Å². The van der Waals surface area contributed by atoms with Crippen molar-refractivity contribution < 1.29 is 9.59 Å². The second-order valence-electron chi connectivity index (χ2n) is 5.64. The van der Waals surface area contributed by atoms with Crippen molar-refractivity contribution in [3.05, 3.63) is 53.9 Å². The van der Waals surface area contributed by atoms with Gasteiger partial charge in [0.15, 0.2) is 0 Å². The predicted octanol–water partition coefficient (Wildman–Crippen LogP) is 2.75. The van der Waals surface area contributed by atoms with E-state index in [-0.39, 0.29) is 5.91 Å². The standard InChI is InChI=1S/C18H24N4O2/c1-2-3-11-22-13-15(21-18(19)24)12-16(22)17(23)20-10-9-14-7-5-4-6-8-14/h4-8,12-13H,2-3,9-11H2,1H3,(H,20,23)(H3,19,21,24). The Morgan fingerprint density at radius 3 is 2.62 bits per heavy atom. The smallest absolute Gasteiger partial charge is 0.316 e. The summed E-state index contributed by atoms with van der Waals surface area (Å²) >= 11 is 0. The molecule has 0 fully saturated rings. The number of nitrogens with two attached hydrogens (primary N) is 1. The molecule has 0 saturated carbocycles. The van der Waals surface area contributed by atoms with Crippen LogP contribution in [0.5, 0.6) is 0 Å². The van der Waals surface area contributed by atoms with Crippen LogP contribution in [0.4, 0.5) is 10.5 Å². The number of primary amides is 1. The molecule has 0 radical (unpaired) electrons. The maximum Gasteiger partial charge on any atom is 0.316 e. The highest BCUT2D eigenvalue weighted by molar-refractivity contribution is 5.95. The molecule has 4 N–H and O–H groups in total. The van der Waals surface area contributed by atoms with Crippen molar-refractivity contribution in [2.24, 2.45) is 5.73 Å². The predicted molar refractivity (Wildman–Crippen MR) is 95.0 cm³/mol. The number of unbranched alkanes of at least 4 members (excludes halogenated alkanes) is 1. The van der Waals surface area contributed by atoms with Gasteiger partial charge in [0.25, 0.3) is 5.91 Å². The van der Waals surface area contributed by atoms with Crippen LogP contribution in [-0.2, 0) is 13.0 Å². The first-order valence-corrected chi connectivity index (χ1v) is 8.19. The van der Waals surface area contributed by atoms with Crippen LogP contribution in [0.2, 0.25) is 0 Å². The number of hydrogen-bond donors (Lipinski definition) is 3. The lowest BCUT2D eigenvalue weighted by Gasteiger charge is -2.09. The van der Waals surface area contributed by atoms with Crippen LogP contribution < -0.4 is 16.4 Å². The Hall–Kier alpha value is -2.76. The number of hydrogen-bond acceptors (Lipinski definition) is 2. The van der Waals surface area contributed by atoms with Crippen LogP contribution >= 0.6 is 0 Å². The first-order valence-electron chi connectivity index (χ1n) is 8.19. The summed E-state index contributed by atoms with van der Waals surface area (Å²) in [6, 6.07) is 11.0. The molecule has 0 bridgehead atoms. The molecular weight excluding hydrogens is 304 g/mol. The number of anilines is 1. The molecule has 1 heterocycles. The van der Waals surface area contributed by atoms with Crippen LogP contribution in [0.15, 0.2) is 42.6 Å². The number of nitrogens with zero attached hydrogens (tertiary/aromatic N) is 1. The summed E-state index contributed by atoms with van der Waals surface area (Å²) in [7, 11) is 0. The Morgan fingerprint density at radius 1 is 1.21 bits per heavy atom. The minimum atomic E-state index is -0.640. The zero-order chi connectivity index (χ0) is 17.4. The molecule has 2 aromatic rings. The summed E-state index contributed by atoms with van der Waals surface area (Å²) in [6.45, 7) is 3.37. The quantitative estimate of drug-likeness (QED) is 0.695. The second kappa shape index (κ2) is 8.76. The van der Waals surface area contributed by atoms with E-state index < -0.39 is 6.03 Å². The molecule has 0 saturated heterocycles. The molecule has 0 aliphatic heterocycles. The third-order valence-electron chi connectivity index (χ3n) is 3.69. The van der Waals surface area contributed by atoms with E-state index in [0.717, 1.165) is 25.8 Å². The van der Waals surface area contributed by atoms with Crippen LogP contribution in [0.1, 0.15) is 35.8 Å². The third-order valence-corrected chi connectivity index (χ3v) is 3.69. The van der Waals surface area contributed by atoms with Gasteiger partial charge >= 0.3 is 6.03 Å². The SMILES string of the molecule is CCCCn1cc(NC(N)=O)cc1C(=O)NCCc1ccccc1. The minimum absolute atomic E-state index is 0.153. The molecule has 0 aliphatic carbocycles. The Bertz CT molecular complexity index is 680. The van der Waals surface area contributed by atoms with Crippen molar-refractivity contribution in [3.8, 4) is 0 Å². The zero-order valence-corrected chi connectivity index (χ0v) is 13.9. The molecule has 6 nitrogen and oxygen atoms in total. The highest BCUT2D eigenvalue weighted by atomic mass is 16.2. The van der Waals surface area contributed by atoms with Gasteiger partial charge in [0.1, 0.15) is 5.69 Å². The van der Waals surface area contributed by atoms with Gasteiger partial charge < -0.3 is 20.9 Å². The summed E-state index contributed by atoms with van der Waals surface area (Å²) < 4.78 is 1.85. The molecule has 6 heteroatoms. The lowest BCUT2D eigenvalue weighted by molar-refractivity contribution is 0.0944. The number of carbonyl (C=O) groups is 2. The summed E-state index contributed by atoms with van der Waals surface area (Å²) in [5.41, 5.74) is 7.38. The number of benzene rings is 1. The van der Waals surface area contributed by atoms with E-state index in [0.29, 0.717) is 17.9 Å². The van der Waals surface area contributed by atoms with E-state index in [4.69, 9.17) is 5.73 Å². The fourth-order valence-electron chi connectivity index (χ4n) is 2.48. The fraction of sp³-hybridized carbons (Fsp3) is 0.333. The van der Waals surface area contributed by atoms with Gasteiger partial charge in [0, 0.05) is 19.3 Å². The van der Waals surface area contributed by atoms with E-state index in [1.165, 1.54) is 5.56 Å². The average Bonchev–Trinajstić information content (AvgIpc) is 2.96. The fourth-order valence-corrected chi connectivity index (χ4v) is 2.48. The number of urea groups is 1. The first-order chi connectivity index (χ1) is 11.6. The number of rotatable bonds is 8. The largest absolute Gasteiger partial charge is 0.351 e. The van der Waals surface area contributed by atoms with Gasteiger partial charge in [-0.25, -0.2) is 4.79 Å².